The molecule has 0 saturated heterocycles. The normalized spacial score (nSPS) is 10.5. The summed E-state index contributed by atoms with van der Waals surface area (Å²) in [4.78, 5) is 73.1. The molecule has 14 nitrogen and oxygen atoms in total. The highest BCUT2D eigenvalue weighted by Crippen LogP contribution is 2.21. The van der Waals surface area contributed by atoms with Crippen LogP contribution in [0, 0.1) is 6.92 Å². The molecule has 0 bridgehead atoms. The van der Waals surface area contributed by atoms with Crippen molar-refractivity contribution in [1.82, 2.24) is 24.5 Å². The third-order valence-corrected chi connectivity index (χ3v) is 8.94. The minimum atomic E-state index is -0.833. The zero-order chi connectivity index (χ0) is 48.2. The molecule has 16 heteroatoms. The minimum Gasteiger partial charge on any atom is -0.481 e. The molecular weight excluding hydrogens is 833 g/mol. The average Bonchev–Trinajstić information content (AvgIpc) is 3.13. The van der Waals surface area contributed by atoms with Crippen LogP contribution >= 0.6 is 23.2 Å². The van der Waals surface area contributed by atoms with Gasteiger partial charge in [-0.3, -0.25) is 53.3 Å². The lowest BCUT2D eigenvalue weighted by Crippen LogP contribution is -2.29. The largest absolute Gasteiger partial charge is 0.481 e. The van der Waals surface area contributed by atoms with E-state index in [4.69, 9.17) is 39.8 Å². The molecule has 0 spiro atoms. The summed E-state index contributed by atoms with van der Waals surface area (Å²) in [5.41, 5.74) is 14.3. The van der Waals surface area contributed by atoms with Gasteiger partial charge in [0.1, 0.15) is 28.9 Å². The summed E-state index contributed by atoms with van der Waals surface area (Å²) in [6.07, 6.45) is 4.04. The Kier molecular flexibility index (Phi) is 39.7. The van der Waals surface area contributed by atoms with Gasteiger partial charge in [0.15, 0.2) is 0 Å². The predicted octanol–water partition coefficient (Wildman–Crippen LogP) is 4.81. The SMILES string of the molecule is CC(=O)CN(C)CCC(=O)O.CC(=O)CN(C)CCCCN.CC(=O)CN(C)CCN.CC(=O)CN(C)CCc1ccc(C)cc1.CC(=O)CN(C)CCc1ccc(Cl)cc1Cl. The summed E-state index contributed by atoms with van der Waals surface area (Å²) >= 11 is 11.9. The molecule has 0 radical (unpaired) electrons. The van der Waals surface area contributed by atoms with E-state index in [9.17, 15) is 28.8 Å². The minimum absolute atomic E-state index is 0.0536. The Morgan fingerprint density at radius 1 is 0.532 bits per heavy atom. The van der Waals surface area contributed by atoms with Crippen molar-refractivity contribution in [1.29, 1.82) is 0 Å². The van der Waals surface area contributed by atoms with Gasteiger partial charge in [0.05, 0.1) is 39.1 Å². The summed E-state index contributed by atoms with van der Waals surface area (Å²) in [5, 5.41) is 9.61. The number of aliphatic carboxylic acids is 1. The van der Waals surface area contributed by atoms with E-state index in [-0.39, 0.29) is 35.3 Å². The van der Waals surface area contributed by atoms with Gasteiger partial charge in [-0.05, 0) is 139 Å². The molecule has 0 saturated carbocycles. The number of carboxylic acid groups (broad SMARTS) is 1. The van der Waals surface area contributed by atoms with E-state index in [0.717, 1.165) is 64.0 Å². The molecule has 354 valence electrons. The van der Waals surface area contributed by atoms with Crippen molar-refractivity contribution < 1.29 is 33.9 Å². The van der Waals surface area contributed by atoms with Crippen molar-refractivity contribution in [3.05, 3.63) is 69.2 Å². The zero-order valence-electron chi connectivity index (χ0n) is 39.6. The number of carboxylic acids is 1. The first kappa shape index (κ1) is 62.9. The molecule has 2 rings (SSSR count). The number of rotatable bonds is 25. The van der Waals surface area contributed by atoms with Crippen molar-refractivity contribution >= 4 is 58.1 Å². The fourth-order valence-electron chi connectivity index (χ4n) is 5.44. The van der Waals surface area contributed by atoms with E-state index in [1.165, 1.54) is 18.1 Å². The fourth-order valence-corrected chi connectivity index (χ4v) is 5.94. The molecule has 0 fully saturated rings. The van der Waals surface area contributed by atoms with Crippen LogP contribution in [0.4, 0.5) is 0 Å². The summed E-state index contributed by atoms with van der Waals surface area (Å²) in [6, 6.07) is 14.0. The molecule has 0 amide bonds. The molecule has 0 aliphatic rings. The Labute approximate surface area is 383 Å². The zero-order valence-corrected chi connectivity index (χ0v) is 41.1. The first-order chi connectivity index (χ1) is 28.9. The maximum Gasteiger partial charge on any atom is 0.304 e. The van der Waals surface area contributed by atoms with Crippen molar-refractivity contribution in [2.45, 2.75) is 73.6 Å². The van der Waals surface area contributed by atoms with E-state index in [1.807, 2.05) is 55.0 Å². The predicted molar refractivity (Wildman–Crippen MR) is 256 cm³/mol. The van der Waals surface area contributed by atoms with Gasteiger partial charge >= 0.3 is 5.97 Å². The van der Waals surface area contributed by atoms with Gasteiger partial charge in [-0.2, -0.15) is 0 Å². The van der Waals surface area contributed by atoms with Crippen LogP contribution in [0.5, 0.6) is 0 Å². The second-order valence-corrected chi connectivity index (χ2v) is 16.7. The standard InChI is InChI=1S/C13H19NO.C12H15Cl2NO.C8H18N2O.C7H13NO3.C6H14N2O/c1-11-4-6-13(7-5-11)8-9-14(3)10-12(2)15;1-9(16)8-15(2)6-5-10-3-4-11(13)7-12(10)14;1-8(11)7-10(2)6-4-3-5-9;1-6(9)5-8(2)4-3-7(10)11;1-6(9)5-8(2)4-3-7/h4-7H,8-10H2,1-3H3;3-4,7H,5-6,8H2,1-2H3;3-7,9H2,1-2H3;3-5H2,1-2H3,(H,10,11);3-5,7H2,1-2H3. The van der Waals surface area contributed by atoms with Crippen molar-refractivity contribution in [3.63, 3.8) is 0 Å². The number of ketones is 5. The van der Waals surface area contributed by atoms with Crippen LogP contribution in [0.25, 0.3) is 0 Å². The van der Waals surface area contributed by atoms with Gasteiger partial charge in [-0.25, -0.2) is 0 Å². The van der Waals surface area contributed by atoms with E-state index in [1.54, 1.807) is 45.7 Å². The number of unbranched alkanes of at least 4 members (excludes halogenated alkanes) is 1. The molecule has 0 aliphatic carbocycles. The first-order valence-electron chi connectivity index (χ1n) is 20.9. The van der Waals surface area contributed by atoms with Gasteiger partial charge in [-0.1, -0.05) is 59.1 Å². The lowest BCUT2D eigenvalue weighted by atomic mass is 10.1. The number of nitrogens with two attached hydrogens (primary N) is 2. The Hall–Kier alpha value is -3.44. The smallest absolute Gasteiger partial charge is 0.304 e. The fraction of sp³-hybridized carbons (Fsp3) is 0.609. The Balaban J connectivity index is -0.000000714. The third kappa shape index (κ3) is 44.6. The van der Waals surface area contributed by atoms with Gasteiger partial charge in [-0.15, -0.1) is 0 Å². The number of likely N-dealkylation sites (N-methyl/N-ethyl adjacent to an activating group) is 5. The lowest BCUT2D eigenvalue weighted by molar-refractivity contribution is -0.137. The van der Waals surface area contributed by atoms with E-state index < -0.39 is 5.97 Å². The quantitative estimate of drug-likeness (QED) is 0.115. The monoisotopic (exact) mass is 912 g/mol. The summed E-state index contributed by atoms with van der Waals surface area (Å²) < 4.78 is 0. The molecule has 2 aromatic carbocycles. The number of hydrogen-bond acceptors (Lipinski definition) is 13. The maximum absolute atomic E-state index is 10.9. The van der Waals surface area contributed by atoms with Crippen molar-refractivity contribution in [3.8, 4) is 0 Å². The van der Waals surface area contributed by atoms with Gasteiger partial charge < -0.3 is 16.6 Å². The van der Waals surface area contributed by atoms with Gasteiger partial charge in [0.2, 0.25) is 0 Å². The summed E-state index contributed by atoms with van der Waals surface area (Å²) in [6.45, 7) is 17.7. The highest BCUT2D eigenvalue weighted by molar-refractivity contribution is 6.35. The number of hydrogen-bond donors (Lipinski definition) is 3. The number of nitrogens with zero attached hydrogens (tertiary/aromatic N) is 5. The summed E-state index contributed by atoms with van der Waals surface area (Å²) in [5.74, 6) is 0.0237. The molecule has 0 unspecified atom stereocenters. The topological polar surface area (TPSA) is 191 Å². The third-order valence-electron chi connectivity index (χ3n) is 8.36. The van der Waals surface area contributed by atoms with E-state index in [2.05, 4.69) is 36.1 Å². The van der Waals surface area contributed by atoms with Crippen LogP contribution in [-0.2, 0) is 41.6 Å². The van der Waals surface area contributed by atoms with Crippen LogP contribution in [0.1, 0.15) is 70.6 Å². The molecule has 0 aliphatic heterocycles. The summed E-state index contributed by atoms with van der Waals surface area (Å²) in [7, 11) is 9.47. The van der Waals surface area contributed by atoms with Crippen LogP contribution in [-0.4, -0.2) is 178 Å². The van der Waals surface area contributed by atoms with Crippen LogP contribution in [0.2, 0.25) is 10.0 Å². The highest BCUT2D eigenvalue weighted by atomic mass is 35.5. The van der Waals surface area contributed by atoms with Gasteiger partial charge in [0.25, 0.3) is 0 Å². The molecule has 0 aromatic heterocycles. The second-order valence-electron chi connectivity index (χ2n) is 15.8. The maximum atomic E-state index is 10.9. The number of Topliss-reactive ketones (excluding diaryl/α,β-unsaturated/α-hetero) is 5. The number of carbonyl (C=O) groups excluding carboxylic acids is 5. The van der Waals surface area contributed by atoms with Crippen molar-refractivity contribution in [2.24, 2.45) is 11.5 Å². The Bertz CT molecular complexity index is 1560. The molecule has 0 heterocycles. The number of aryl methyl sites for hydroxylation is 1. The van der Waals surface area contributed by atoms with Crippen LogP contribution < -0.4 is 11.5 Å². The second kappa shape index (κ2) is 39.2. The van der Waals surface area contributed by atoms with Crippen LogP contribution in [0.15, 0.2) is 42.5 Å². The van der Waals surface area contributed by atoms with Gasteiger partial charge in [0, 0.05) is 42.8 Å². The Morgan fingerprint density at radius 2 is 0.935 bits per heavy atom. The van der Waals surface area contributed by atoms with Crippen molar-refractivity contribution in [2.75, 3.05) is 114 Å². The molecular formula is C46H79Cl2N7O7. The molecule has 2 aromatic rings. The highest BCUT2D eigenvalue weighted by Gasteiger charge is 2.07. The Morgan fingerprint density at radius 3 is 1.32 bits per heavy atom. The first-order valence-corrected chi connectivity index (χ1v) is 21.7. The molecule has 5 N–H and O–H groups in total. The number of carbonyl (C=O) groups is 6. The lowest BCUT2D eigenvalue weighted by Gasteiger charge is -2.15. The van der Waals surface area contributed by atoms with E-state index in [0.29, 0.717) is 55.9 Å². The molecule has 0 atom stereocenters. The van der Waals surface area contributed by atoms with Crippen LogP contribution in [0.3, 0.4) is 0 Å². The number of halogens is 2. The molecule has 62 heavy (non-hydrogen) atoms. The average molecular weight is 913 g/mol. The number of benzene rings is 2. The van der Waals surface area contributed by atoms with E-state index >= 15 is 0 Å².